The molecule has 0 bridgehead atoms. The summed E-state index contributed by atoms with van der Waals surface area (Å²) in [6.07, 6.45) is 4.94. The molecule has 2 amide bonds. The number of urea groups is 1. The highest BCUT2D eigenvalue weighted by Gasteiger charge is 2.46. The summed E-state index contributed by atoms with van der Waals surface area (Å²) in [5, 5.41) is 2.94. The Morgan fingerprint density at radius 2 is 1.75 bits per heavy atom. The molecule has 0 radical (unpaired) electrons. The first kappa shape index (κ1) is 14.8. The largest absolute Gasteiger partial charge is 0.328 e. The number of hydrogen-bond acceptors (Lipinski definition) is 3. The van der Waals surface area contributed by atoms with Crippen LogP contribution in [0.4, 0.5) is 10.5 Å². The minimum Gasteiger partial charge on any atom is -0.328 e. The van der Waals surface area contributed by atoms with Crippen LogP contribution in [0.3, 0.4) is 0 Å². The predicted octanol–water partition coefficient (Wildman–Crippen LogP) is 2.59. The van der Waals surface area contributed by atoms with Crippen molar-refractivity contribution in [2.45, 2.75) is 57.7 Å². The van der Waals surface area contributed by atoms with Gasteiger partial charge in [-0.05, 0) is 52.7 Å². The highest BCUT2D eigenvalue weighted by Crippen LogP contribution is 2.38. The highest BCUT2D eigenvalue weighted by atomic mass is 16.2. The van der Waals surface area contributed by atoms with Gasteiger partial charge in [-0.15, -0.1) is 0 Å². The molecule has 0 aromatic carbocycles. The first-order chi connectivity index (χ1) is 9.22. The summed E-state index contributed by atoms with van der Waals surface area (Å²) in [6, 6.07) is 3.62. The molecule has 5 heteroatoms. The third-order valence-electron chi connectivity index (χ3n) is 3.87. The van der Waals surface area contributed by atoms with Crippen LogP contribution in [0, 0.1) is 0 Å². The van der Waals surface area contributed by atoms with E-state index in [0.717, 1.165) is 18.5 Å². The third kappa shape index (κ3) is 2.93. The van der Waals surface area contributed by atoms with Gasteiger partial charge >= 0.3 is 6.03 Å². The van der Waals surface area contributed by atoms with Crippen molar-refractivity contribution in [1.82, 2.24) is 9.88 Å². The van der Waals surface area contributed by atoms with Gasteiger partial charge in [-0.2, -0.15) is 0 Å². The Bertz CT molecular complexity index is 466. The van der Waals surface area contributed by atoms with Gasteiger partial charge in [0, 0.05) is 35.2 Å². The summed E-state index contributed by atoms with van der Waals surface area (Å²) >= 11 is 0. The molecule has 1 aromatic rings. The number of nitrogens with two attached hydrogens (primary N) is 1. The Morgan fingerprint density at radius 1 is 1.25 bits per heavy atom. The summed E-state index contributed by atoms with van der Waals surface area (Å²) < 4.78 is 0. The molecule has 110 valence electrons. The van der Waals surface area contributed by atoms with Crippen LogP contribution in [-0.2, 0) is 0 Å². The lowest BCUT2D eigenvalue weighted by atomic mass is 9.77. The molecule has 2 rings (SSSR count). The van der Waals surface area contributed by atoms with E-state index < -0.39 is 0 Å². The van der Waals surface area contributed by atoms with E-state index in [9.17, 15) is 4.79 Å². The summed E-state index contributed by atoms with van der Waals surface area (Å²) in [6.45, 7) is 8.28. The van der Waals surface area contributed by atoms with Crippen LogP contribution in [0.1, 0.15) is 40.5 Å². The van der Waals surface area contributed by atoms with Crippen molar-refractivity contribution in [1.29, 1.82) is 0 Å². The zero-order chi connectivity index (χ0) is 15.0. The lowest BCUT2D eigenvalue weighted by Gasteiger charge is -2.54. The Labute approximate surface area is 120 Å². The van der Waals surface area contributed by atoms with Crippen LogP contribution >= 0.6 is 0 Å². The van der Waals surface area contributed by atoms with E-state index in [-0.39, 0.29) is 23.2 Å². The van der Waals surface area contributed by atoms with E-state index in [4.69, 9.17) is 5.73 Å². The minimum absolute atomic E-state index is 0.0851. The SMILES string of the molecule is CC1(C)CC(N)CC(C)(C)N1C(=O)Nc1ccncc1. The number of nitrogens with one attached hydrogen (secondary N) is 1. The number of rotatable bonds is 1. The number of piperidine rings is 1. The third-order valence-corrected chi connectivity index (χ3v) is 3.87. The number of aromatic nitrogens is 1. The van der Waals surface area contributed by atoms with Crippen molar-refractivity contribution in [3.63, 3.8) is 0 Å². The molecule has 0 aliphatic carbocycles. The molecule has 1 aliphatic rings. The second-order valence-electron chi connectivity index (χ2n) is 6.79. The fourth-order valence-electron chi connectivity index (χ4n) is 3.52. The van der Waals surface area contributed by atoms with Crippen LogP contribution in [-0.4, -0.2) is 33.0 Å². The molecule has 1 aliphatic heterocycles. The van der Waals surface area contributed by atoms with Crippen LogP contribution in [0.25, 0.3) is 0 Å². The van der Waals surface area contributed by atoms with E-state index in [1.165, 1.54) is 0 Å². The van der Waals surface area contributed by atoms with Gasteiger partial charge < -0.3 is 16.0 Å². The molecule has 0 unspecified atom stereocenters. The van der Waals surface area contributed by atoms with Crippen molar-refractivity contribution < 1.29 is 4.79 Å². The van der Waals surface area contributed by atoms with Gasteiger partial charge in [0.2, 0.25) is 0 Å². The first-order valence-electron chi connectivity index (χ1n) is 6.99. The van der Waals surface area contributed by atoms with Crippen molar-refractivity contribution in [2.75, 3.05) is 5.32 Å². The minimum atomic E-state index is -0.266. The van der Waals surface area contributed by atoms with E-state index in [0.29, 0.717) is 0 Å². The number of carbonyl (C=O) groups is 1. The second kappa shape index (κ2) is 5.05. The Balaban J connectivity index is 2.22. The Hall–Kier alpha value is -1.62. The summed E-state index contributed by atoms with van der Waals surface area (Å²) in [5.74, 6) is 0. The van der Waals surface area contributed by atoms with Gasteiger partial charge in [-0.3, -0.25) is 4.98 Å². The molecule has 2 heterocycles. The van der Waals surface area contributed by atoms with Crippen LogP contribution in [0.5, 0.6) is 0 Å². The van der Waals surface area contributed by atoms with Crippen molar-refractivity contribution >= 4 is 11.7 Å². The number of hydrogen-bond donors (Lipinski definition) is 2. The van der Waals surface area contributed by atoms with Gasteiger partial charge in [-0.1, -0.05) is 0 Å². The van der Waals surface area contributed by atoms with Crippen LogP contribution < -0.4 is 11.1 Å². The lowest BCUT2D eigenvalue weighted by molar-refractivity contribution is 0.00877. The quantitative estimate of drug-likeness (QED) is 0.828. The van der Waals surface area contributed by atoms with Gasteiger partial charge in [0.05, 0.1) is 0 Å². The van der Waals surface area contributed by atoms with Crippen molar-refractivity contribution in [2.24, 2.45) is 5.73 Å². The normalized spacial score (nSPS) is 21.6. The second-order valence-corrected chi connectivity index (χ2v) is 6.79. The molecule has 0 saturated carbocycles. The fourth-order valence-corrected chi connectivity index (χ4v) is 3.52. The number of carbonyl (C=O) groups excluding carboxylic acids is 1. The molecule has 1 aromatic heterocycles. The first-order valence-corrected chi connectivity index (χ1v) is 6.99. The number of anilines is 1. The molecule has 1 saturated heterocycles. The summed E-state index contributed by atoms with van der Waals surface area (Å²) in [5.41, 5.74) is 6.36. The lowest BCUT2D eigenvalue weighted by Crippen LogP contribution is -2.66. The number of amides is 2. The van der Waals surface area contributed by atoms with Crippen molar-refractivity contribution in [3.8, 4) is 0 Å². The number of pyridine rings is 1. The Morgan fingerprint density at radius 3 is 2.25 bits per heavy atom. The molecule has 20 heavy (non-hydrogen) atoms. The molecule has 0 spiro atoms. The van der Waals surface area contributed by atoms with Crippen LogP contribution in [0.15, 0.2) is 24.5 Å². The van der Waals surface area contributed by atoms with E-state index >= 15 is 0 Å². The zero-order valence-electron chi connectivity index (χ0n) is 12.7. The van der Waals surface area contributed by atoms with Gasteiger partial charge in [0.25, 0.3) is 0 Å². The zero-order valence-corrected chi connectivity index (χ0v) is 12.7. The monoisotopic (exact) mass is 276 g/mol. The summed E-state index contributed by atoms with van der Waals surface area (Å²) in [4.78, 5) is 18.5. The Kier molecular flexibility index (Phi) is 3.73. The fraction of sp³-hybridized carbons (Fsp3) is 0.600. The maximum atomic E-state index is 12.7. The highest BCUT2D eigenvalue weighted by molar-refractivity contribution is 5.90. The number of nitrogens with zero attached hydrogens (tertiary/aromatic N) is 2. The average molecular weight is 276 g/mol. The average Bonchev–Trinajstić information content (AvgIpc) is 2.25. The smallest absolute Gasteiger partial charge is 0.322 e. The molecule has 1 fully saturated rings. The standard InChI is InChI=1S/C15H24N4O/c1-14(2)9-11(16)10-15(3,4)19(14)13(20)18-12-5-7-17-8-6-12/h5-8,11H,9-10,16H2,1-4H3,(H,17,18,20). The van der Waals surface area contributed by atoms with E-state index in [2.05, 4.69) is 38.0 Å². The molecular weight excluding hydrogens is 252 g/mol. The number of likely N-dealkylation sites (tertiary alicyclic amines) is 1. The summed E-state index contributed by atoms with van der Waals surface area (Å²) in [7, 11) is 0. The van der Waals surface area contributed by atoms with Gasteiger partial charge in [0.1, 0.15) is 0 Å². The van der Waals surface area contributed by atoms with Gasteiger partial charge in [0.15, 0.2) is 0 Å². The van der Waals surface area contributed by atoms with Gasteiger partial charge in [-0.25, -0.2) is 4.79 Å². The van der Waals surface area contributed by atoms with Crippen LogP contribution in [0.2, 0.25) is 0 Å². The van der Waals surface area contributed by atoms with E-state index in [1.807, 2.05) is 4.90 Å². The maximum Gasteiger partial charge on any atom is 0.322 e. The van der Waals surface area contributed by atoms with Crippen molar-refractivity contribution in [3.05, 3.63) is 24.5 Å². The maximum absolute atomic E-state index is 12.7. The van der Waals surface area contributed by atoms with E-state index in [1.54, 1.807) is 24.5 Å². The molecule has 3 N–H and O–H groups in total. The predicted molar refractivity (Wildman–Crippen MR) is 80.5 cm³/mol. The molecule has 5 nitrogen and oxygen atoms in total. The molecular formula is C15H24N4O. The topological polar surface area (TPSA) is 71.2 Å². The molecule has 0 atom stereocenters.